The van der Waals surface area contributed by atoms with Gasteiger partial charge >= 0.3 is 0 Å². The topological polar surface area (TPSA) is 46.5 Å². The second-order valence-corrected chi connectivity index (χ2v) is 8.61. The van der Waals surface area contributed by atoms with E-state index in [9.17, 15) is 9.90 Å². The normalized spacial score (nSPS) is 20.5. The average Bonchev–Trinajstić information content (AvgIpc) is 2.66. The molecule has 0 spiro atoms. The lowest BCUT2D eigenvalue weighted by Gasteiger charge is -2.38. The Bertz CT molecular complexity index is 1140. The minimum Gasteiger partial charge on any atom is -0.508 e. The fourth-order valence-electron chi connectivity index (χ4n) is 4.64. The van der Waals surface area contributed by atoms with Crippen LogP contribution in [0.3, 0.4) is 0 Å². The summed E-state index contributed by atoms with van der Waals surface area (Å²) >= 11 is 0. The van der Waals surface area contributed by atoms with Gasteiger partial charge in [0.15, 0.2) is 5.78 Å². The minimum atomic E-state index is -0.186. The molecule has 0 radical (unpaired) electrons. The first-order chi connectivity index (χ1) is 13.4. The summed E-state index contributed by atoms with van der Waals surface area (Å²) in [5.74, 6) is 1.75. The molecule has 1 aliphatic carbocycles. The SMILES string of the molecule is CC1(C)CC(=O)C2=C(C1)Oc1ccc3ccc(O)cc3c1C2c1ccccc1. The Labute approximate surface area is 164 Å². The fraction of sp³-hybridized carbons (Fsp3) is 0.240. The van der Waals surface area contributed by atoms with Crippen molar-refractivity contribution in [2.24, 2.45) is 5.41 Å². The highest BCUT2D eigenvalue weighted by atomic mass is 16.5. The summed E-state index contributed by atoms with van der Waals surface area (Å²) in [5, 5.41) is 12.1. The monoisotopic (exact) mass is 370 g/mol. The van der Waals surface area contributed by atoms with E-state index in [4.69, 9.17) is 4.74 Å². The van der Waals surface area contributed by atoms with E-state index in [0.717, 1.165) is 45.4 Å². The summed E-state index contributed by atoms with van der Waals surface area (Å²) in [6, 6.07) is 19.5. The lowest BCUT2D eigenvalue weighted by atomic mass is 9.69. The van der Waals surface area contributed by atoms with Crippen LogP contribution in [0.2, 0.25) is 0 Å². The molecule has 1 unspecified atom stereocenters. The molecular formula is C25H22O3. The smallest absolute Gasteiger partial charge is 0.163 e. The number of carbonyl (C=O) groups is 1. The van der Waals surface area contributed by atoms with Crippen molar-refractivity contribution in [3.63, 3.8) is 0 Å². The molecule has 28 heavy (non-hydrogen) atoms. The summed E-state index contributed by atoms with van der Waals surface area (Å²) < 4.78 is 6.32. The standard InChI is InChI=1S/C25H22O3/c1-25(2)13-19(27)24-21(14-25)28-20-11-9-15-8-10-17(26)12-18(15)23(20)22(24)16-6-4-3-5-7-16/h3-12,22,26H,13-14H2,1-2H3. The summed E-state index contributed by atoms with van der Waals surface area (Å²) in [4.78, 5) is 13.3. The fourth-order valence-corrected chi connectivity index (χ4v) is 4.64. The Morgan fingerprint density at radius 3 is 2.54 bits per heavy atom. The number of aromatic hydroxyl groups is 1. The number of allylic oxidation sites excluding steroid dienone is 2. The van der Waals surface area contributed by atoms with Gasteiger partial charge in [-0.25, -0.2) is 0 Å². The highest BCUT2D eigenvalue weighted by molar-refractivity contribution is 6.02. The van der Waals surface area contributed by atoms with Crippen molar-refractivity contribution in [1.82, 2.24) is 0 Å². The Morgan fingerprint density at radius 1 is 1.00 bits per heavy atom. The third-order valence-corrected chi connectivity index (χ3v) is 5.83. The molecule has 140 valence electrons. The van der Waals surface area contributed by atoms with Gasteiger partial charge in [-0.2, -0.15) is 0 Å². The number of hydrogen-bond acceptors (Lipinski definition) is 3. The number of ether oxygens (including phenoxy) is 1. The van der Waals surface area contributed by atoms with Gasteiger partial charge in [-0.05, 0) is 39.9 Å². The van der Waals surface area contributed by atoms with Crippen molar-refractivity contribution < 1.29 is 14.6 Å². The molecule has 1 aliphatic heterocycles. The molecule has 3 nitrogen and oxygen atoms in total. The van der Waals surface area contributed by atoms with Gasteiger partial charge in [-0.3, -0.25) is 4.79 Å². The Balaban J connectivity index is 1.83. The van der Waals surface area contributed by atoms with Crippen molar-refractivity contribution in [1.29, 1.82) is 0 Å². The number of benzene rings is 3. The maximum absolute atomic E-state index is 13.3. The molecule has 0 amide bonds. The van der Waals surface area contributed by atoms with E-state index in [1.54, 1.807) is 12.1 Å². The number of phenols is 1. The maximum Gasteiger partial charge on any atom is 0.163 e. The summed E-state index contributed by atoms with van der Waals surface area (Å²) in [6.45, 7) is 4.23. The number of fused-ring (bicyclic) bond motifs is 3. The van der Waals surface area contributed by atoms with Crippen LogP contribution in [0.15, 0.2) is 72.0 Å². The highest BCUT2D eigenvalue weighted by Crippen LogP contribution is 2.52. The molecule has 3 heteroatoms. The van der Waals surface area contributed by atoms with E-state index in [-0.39, 0.29) is 22.9 Å². The van der Waals surface area contributed by atoms with E-state index >= 15 is 0 Å². The van der Waals surface area contributed by atoms with Crippen molar-refractivity contribution >= 4 is 16.6 Å². The van der Waals surface area contributed by atoms with E-state index < -0.39 is 0 Å². The first-order valence-electron chi connectivity index (χ1n) is 9.68. The number of phenolic OH excluding ortho intramolecular Hbond substituents is 1. The zero-order valence-electron chi connectivity index (χ0n) is 16.0. The number of rotatable bonds is 1. The highest BCUT2D eigenvalue weighted by Gasteiger charge is 2.42. The Hall–Kier alpha value is -3.07. The van der Waals surface area contributed by atoms with Crippen LogP contribution in [0.4, 0.5) is 0 Å². The van der Waals surface area contributed by atoms with Crippen LogP contribution in [0.1, 0.15) is 43.7 Å². The van der Waals surface area contributed by atoms with Crippen molar-refractivity contribution in [3.8, 4) is 11.5 Å². The van der Waals surface area contributed by atoms with E-state index in [2.05, 4.69) is 26.0 Å². The van der Waals surface area contributed by atoms with Gasteiger partial charge in [0.1, 0.15) is 17.3 Å². The van der Waals surface area contributed by atoms with Crippen molar-refractivity contribution in [2.45, 2.75) is 32.6 Å². The zero-order chi connectivity index (χ0) is 19.5. The second-order valence-electron chi connectivity index (χ2n) is 8.61. The van der Waals surface area contributed by atoms with Crippen molar-refractivity contribution in [3.05, 3.63) is 83.1 Å². The molecule has 1 N–H and O–H groups in total. The van der Waals surface area contributed by atoms with Crippen molar-refractivity contribution in [2.75, 3.05) is 0 Å². The molecule has 5 rings (SSSR count). The number of hydrogen-bond donors (Lipinski definition) is 1. The van der Waals surface area contributed by atoms with Crippen LogP contribution in [0.25, 0.3) is 10.8 Å². The maximum atomic E-state index is 13.3. The molecular weight excluding hydrogens is 348 g/mol. The largest absolute Gasteiger partial charge is 0.508 e. The lowest BCUT2D eigenvalue weighted by molar-refractivity contribution is -0.118. The number of ketones is 1. The second kappa shape index (κ2) is 5.96. The Kier molecular flexibility index (Phi) is 3.63. The van der Waals surface area contributed by atoms with Crippen LogP contribution < -0.4 is 4.74 Å². The summed E-state index contributed by atoms with van der Waals surface area (Å²) in [6.07, 6.45) is 1.26. The molecule has 0 bridgehead atoms. The zero-order valence-corrected chi connectivity index (χ0v) is 16.0. The lowest BCUT2D eigenvalue weighted by Crippen LogP contribution is -2.33. The molecule has 3 aromatic rings. The van der Waals surface area contributed by atoms with Gasteiger partial charge < -0.3 is 9.84 Å². The van der Waals surface area contributed by atoms with Gasteiger partial charge in [0.25, 0.3) is 0 Å². The van der Waals surface area contributed by atoms with Gasteiger partial charge in [0.05, 0.1) is 0 Å². The summed E-state index contributed by atoms with van der Waals surface area (Å²) in [7, 11) is 0. The summed E-state index contributed by atoms with van der Waals surface area (Å²) in [5.41, 5.74) is 2.70. The first-order valence-corrected chi connectivity index (χ1v) is 9.68. The average molecular weight is 370 g/mol. The predicted octanol–water partition coefficient (Wildman–Crippen LogP) is 5.71. The van der Waals surface area contributed by atoms with Gasteiger partial charge in [-0.1, -0.05) is 56.3 Å². The molecule has 2 aliphatic rings. The molecule has 0 saturated carbocycles. The molecule has 0 aromatic heterocycles. The molecule has 3 aromatic carbocycles. The third kappa shape index (κ3) is 2.62. The first kappa shape index (κ1) is 17.1. The molecule has 1 atom stereocenters. The predicted molar refractivity (Wildman–Crippen MR) is 110 cm³/mol. The van der Waals surface area contributed by atoms with Gasteiger partial charge in [0.2, 0.25) is 0 Å². The Morgan fingerprint density at radius 2 is 1.75 bits per heavy atom. The van der Waals surface area contributed by atoms with Crippen LogP contribution in [0.5, 0.6) is 11.5 Å². The van der Waals surface area contributed by atoms with E-state index in [1.165, 1.54) is 0 Å². The van der Waals surface area contributed by atoms with E-state index in [0.29, 0.717) is 6.42 Å². The van der Waals surface area contributed by atoms with Crippen LogP contribution in [0, 0.1) is 5.41 Å². The molecule has 1 heterocycles. The molecule has 0 saturated heterocycles. The molecule has 0 fully saturated rings. The third-order valence-electron chi connectivity index (χ3n) is 5.83. The van der Waals surface area contributed by atoms with Gasteiger partial charge in [0, 0.05) is 29.9 Å². The van der Waals surface area contributed by atoms with Crippen LogP contribution in [-0.4, -0.2) is 10.9 Å². The van der Waals surface area contributed by atoms with E-state index in [1.807, 2.05) is 36.4 Å². The van der Waals surface area contributed by atoms with Crippen LogP contribution >= 0.6 is 0 Å². The number of carbonyl (C=O) groups excluding carboxylic acids is 1. The van der Waals surface area contributed by atoms with Crippen LogP contribution in [-0.2, 0) is 4.79 Å². The number of Topliss-reactive ketones (excluding diaryl/α,β-unsaturated/α-hetero) is 1. The van der Waals surface area contributed by atoms with Gasteiger partial charge in [-0.15, -0.1) is 0 Å². The quantitative estimate of drug-likeness (QED) is 0.596. The minimum absolute atomic E-state index is 0.107.